The number of rotatable bonds is 5. The predicted molar refractivity (Wildman–Crippen MR) is 112 cm³/mol. The van der Waals surface area contributed by atoms with E-state index in [1.54, 1.807) is 24.3 Å². The molecule has 0 unspecified atom stereocenters. The predicted octanol–water partition coefficient (Wildman–Crippen LogP) is 3.40. The van der Waals surface area contributed by atoms with Gasteiger partial charge in [0, 0.05) is 11.6 Å². The molecule has 2 aliphatic rings. The fraction of sp³-hybridized carbons (Fsp3) is 0.409. The van der Waals surface area contributed by atoms with Crippen LogP contribution in [0, 0.1) is 5.92 Å². The third-order valence-corrected chi connectivity index (χ3v) is 6.54. The molecule has 7 heteroatoms. The van der Waals surface area contributed by atoms with Crippen LogP contribution in [0.2, 0.25) is 0 Å². The summed E-state index contributed by atoms with van der Waals surface area (Å²) >= 11 is 1.37. The Balaban J connectivity index is 1.53. The third kappa shape index (κ3) is 4.19. The number of nitrogens with zero attached hydrogens (tertiary/aromatic N) is 1. The Labute approximate surface area is 173 Å². The zero-order chi connectivity index (χ0) is 20.4. The summed E-state index contributed by atoms with van der Waals surface area (Å²) in [5.41, 5.74) is 0.936. The van der Waals surface area contributed by atoms with E-state index in [1.807, 2.05) is 11.4 Å². The average molecular weight is 413 g/mol. The zero-order valence-electron chi connectivity index (χ0n) is 16.3. The molecule has 0 saturated heterocycles. The number of ether oxygens (including phenoxy) is 1. The number of amides is 2. The summed E-state index contributed by atoms with van der Waals surface area (Å²) in [6, 6.07) is 8.77. The second-order valence-corrected chi connectivity index (χ2v) is 8.64. The minimum atomic E-state index is -0.287. The van der Waals surface area contributed by atoms with Crippen LogP contribution in [0.25, 0.3) is 0 Å². The number of carbonyl (C=O) groups excluding carboxylic acids is 3. The monoisotopic (exact) mass is 412 g/mol. The fourth-order valence-electron chi connectivity index (χ4n) is 3.99. The molecular weight excluding hydrogens is 388 g/mol. The van der Waals surface area contributed by atoms with Crippen molar-refractivity contribution >= 4 is 34.6 Å². The van der Waals surface area contributed by atoms with Gasteiger partial charge in [0.15, 0.2) is 6.61 Å². The summed E-state index contributed by atoms with van der Waals surface area (Å²) in [5.74, 6) is 0.368. The molecule has 1 saturated carbocycles. The van der Waals surface area contributed by atoms with Gasteiger partial charge in [-0.1, -0.05) is 25.8 Å². The van der Waals surface area contributed by atoms with E-state index in [-0.39, 0.29) is 36.8 Å². The van der Waals surface area contributed by atoms with E-state index >= 15 is 0 Å². The lowest BCUT2D eigenvalue weighted by atomic mass is 9.86. The number of fused-ring (bicyclic) bond motifs is 1. The quantitative estimate of drug-likeness (QED) is 0.764. The number of hydrogen-bond donors (Lipinski definition) is 1. The molecular formula is C22H24N2O4S. The van der Waals surface area contributed by atoms with Crippen LogP contribution in [-0.2, 0) is 9.59 Å². The van der Waals surface area contributed by atoms with E-state index in [4.69, 9.17) is 4.74 Å². The van der Waals surface area contributed by atoms with Crippen molar-refractivity contribution in [3.05, 3.63) is 46.2 Å². The highest BCUT2D eigenvalue weighted by Gasteiger charge is 2.30. The van der Waals surface area contributed by atoms with E-state index in [1.165, 1.54) is 22.7 Å². The van der Waals surface area contributed by atoms with Gasteiger partial charge in [-0.15, -0.1) is 11.3 Å². The summed E-state index contributed by atoms with van der Waals surface area (Å²) in [4.78, 5) is 39.9. The van der Waals surface area contributed by atoms with Crippen LogP contribution in [0.3, 0.4) is 0 Å². The second kappa shape index (κ2) is 8.37. The van der Waals surface area contributed by atoms with Gasteiger partial charge in [0.25, 0.3) is 5.91 Å². The van der Waals surface area contributed by atoms with Crippen LogP contribution in [0.4, 0.5) is 5.69 Å². The lowest BCUT2D eigenvalue weighted by Crippen LogP contribution is -2.49. The van der Waals surface area contributed by atoms with Crippen molar-refractivity contribution in [2.45, 2.75) is 38.6 Å². The van der Waals surface area contributed by atoms with Gasteiger partial charge >= 0.3 is 0 Å². The number of ketones is 1. The van der Waals surface area contributed by atoms with Crippen molar-refractivity contribution in [3.63, 3.8) is 0 Å². The Morgan fingerprint density at radius 3 is 2.83 bits per heavy atom. The SMILES string of the molecule is C[C@H]1CCCC[C@H]1NC(=O)CN1C(=O)COc2ccc(C(=O)c3cccs3)cc21. The summed E-state index contributed by atoms with van der Waals surface area (Å²) in [5, 5.41) is 4.94. The third-order valence-electron chi connectivity index (χ3n) is 5.67. The van der Waals surface area contributed by atoms with Gasteiger partial charge in [0.2, 0.25) is 11.7 Å². The molecule has 0 bridgehead atoms. The van der Waals surface area contributed by atoms with E-state index < -0.39 is 0 Å². The van der Waals surface area contributed by atoms with Crippen LogP contribution in [0.15, 0.2) is 35.7 Å². The summed E-state index contributed by atoms with van der Waals surface area (Å²) in [6.07, 6.45) is 4.39. The summed E-state index contributed by atoms with van der Waals surface area (Å²) in [6.45, 7) is 1.97. The Morgan fingerprint density at radius 2 is 2.07 bits per heavy atom. The number of thiophene rings is 1. The number of benzene rings is 1. The fourth-order valence-corrected chi connectivity index (χ4v) is 4.68. The lowest BCUT2D eigenvalue weighted by Gasteiger charge is -2.32. The molecule has 1 fully saturated rings. The van der Waals surface area contributed by atoms with Crippen molar-refractivity contribution in [1.82, 2.24) is 5.32 Å². The molecule has 1 aromatic heterocycles. The highest BCUT2D eigenvalue weighted by atomic mass is 32.1. The highest BCUT2D eigenvalue weighted by Crippen LogP contribution is 2.34. The van der Waals surface area contributed by atoms with Gasteiger partial charge in [-0.05, 0) is 48.4 Å². The number of anilines is 1. The molecule has 6 nitrogen and oxygen atoms in total. The summed E-state index contributed by atoms with van der Waals surface area (Å²) in [7, 11) is 0. The maximum Gasteiger partial charge on any atom is 0.265 e. The lowest BCUT2D eigenvalue weighted by molar-refractivity contribution is -0.126. The van der Waals surface area contributed by atoms with Crippen LogP contribution in [0.5, 0.6) is 5.75 Å². The smallest absolute Gasteiger partial charge is 0.265 e. The number of hydrogen-bond acceptors (Lipinski definition) is 5. The van der Waals surface area contributed by atoms with Gasteiger partial charge < -0.3 is 10.1 Å². The first-order valence-corrected chi connectivity index (χ1v) is 10.9. The molecule has 2 aromatic rings. The molecule has 4 rings (SSSR count). The van der Waals surface area contributed by atoms with Gasteiger partial charge in [-0.3, -0.25) is 19.3 Å². The van der Waals surface area contributed by atoms with Crippen molar-refractivity contribution in [1.29, 1.82) is 0 Å². The highest BCUT2D eigenvalue weighted by molar-refractivity contribution is 7.12. The Bertz CT molecular complexity index is 925. The van der Waals surface area contributed by atoms with Gasteiger partial charge in [0.1, 0.15) is 12.3 Å². The van der Waals surface area contributed by atoms with Crippen molar-refractivity contribution in [2.75, 3.05) is 18.1 Å². The van der Waals surface area contributed by atoms with Gasteiger partial charge in [-0.2, -0.15) is 0 Å². The van der Waals surface area contributed by atoms with Crippen LogP contribution in [0.1, 0.15) is 47.8 Å². The minimum Gasteiger partial charge on any atom is -0.482 e. The first kappa shape index (κ1) is 19.6. The first-order valence-electron chi connectivity index (χ1n) is 9.97. The topological polar surface area (TPSA) is 75.7 Å². The number of nitrogens with one attached hydrogen (secondary N) is 1. The summed E-state index contributed by atoms with van der Waals surface area (Å²) < 4.78 is 5.51. The molecule has 1 aromatic carbocycles. The number of carbonyl (C=O) groups is 3. The Kier molecular flexibility index (Phi) is 5.67. The van der Waals surface area contributed by atoms with E-state index in [0.717, 1.165) is 19.3 Å². The molecule has 1 N–H and O–H groups in total. The normalized spacial score (nSPS) is 21.3. The molecule has 2 amide bonds. The maximum atomic E-state index is 12.7. The van der Waals surface area contributed by atoms with Crippen LogP contribution >= 0.6 is 11.3 Å². The van der Waals surface area contributed by atoms with Gasteiger partial charge in [0.05, 0.1) is 10.6 Å². The van der Waals surface area contributed by atoms with E-state index in [9.17, 15) is 14.4 Å². The first-order chi connectivity index (χ1) is 14.0. The van der Waals surface area contributed by atoms with E-state index in [0.29, 0.717) is 27.8 Å². The second-order valence-electron chi connectivity index (χ2n) is 7.69. The Hall–Kier alpha value is -2.67. The molecule has 2 atom stereocenters. The molecule has 0 radical (unpaired) electrons. The van der Waals surface area contributed by atoms with Gasteiger partial charge in [-0.25, -0.2) is 0 Å². The Morgan fingerprint density at radius 1 is 1.24 bits per heavy atom. The standard InChI is InChI=1S/C22H24N2O4S/c1-14-5-2-3-6-16(14)23-20(25)12-24-17-11-15(22(27)19-7-4-10-29-19)8-9-18(17)28-13-21(24)26/h4,7-11,14,16H,2-3,5-6,12-13H2,1H3,(H,23,25)/t14-,16+/m0/s1. The molecule has 0 spiro atoms. The largest absolute Gasteiger partial charge is 0.482 e. The van der Waals surface area contributed by atoms with Crippen LogP contribution < -0.4 is 15.0 Å². The van der Waals surface area contributed by atoms with Crippen molar-refractivity contribution < 1.29 is 19.1 Å². The van der Waals surface area contributed by atoms with Crippen LogP contribution in [-0.4, -0.2) is 36.8 Å². The molecule has 2 heterocycles. The zero-order valence-corrected chi connectivity index (χ0v) is 17.2. The molecule has 1 aliphatic heterocycles. The van der Waals surface area contributed by atoms with Crippen molar-refractivity contribution in [2.24, 2.45) is 5.92 Å². The van der Waals surface area contributed by atoms with Crippen molar-refractivity contribution in [3.8, 4) is 5.75 Å². The molecule has 152 valence electrons. The molecule has 29 heavy (non-hydrogen) atoms. The van der Waals surface area contributed by atoms with E-state index in [2.05, 4.69) is 12.2 Å². The minimum absolute atomic E-state index is 0.0743. The molecule has 1 aliphatic carbocycles. The maximum absolute atomic E-state index is 12.7. The average Bonchev–Trinajstić information content (AvgIpc) is 3.26.